The zero-order valence-electron chi connectivity index (χ0n) is 11.7. The quantitative estimate of drug-likeness (QED) is 0.778. The lowest BCUT2D eigenvalue weighted by Crippen LogP contribution is -2.42. The summed E-state index contributed by atoms with van der Waals surface area (Å²) in [5.74, 6) is 1.69. The normalized spacial score (nSPS) is 31.7. The minimum atomic E-state index is -0.0268. The number of nitrogens with one attached hydrogen (secondary N) is 1. The number of ether oxygens (including phenoxy) is 1. The van der Waals surface area contributed by atoms with Gasteiger partial charge in [-0.25, -0.2) is 0 Å². The molecule has 0 radical (unpaired) electrons. The third-order valence-electron chi connectivity index (χ3n) is 3.84. The first-order chi connectivity index (χ1) is 7.44. The maximum absolute atomic E-state index is 6.24. The average Bonchev–Trinajstić information content (AvgIpc) is 2.20. The van der Waals surface area contributed by atoms with Crippen molar-refractivity contribution < 1.29 is 4.74 Å². The molecule has 1 saturated carbocycles. The van der Waals surface area contributed by atoms with Crippen molar-refractivity contribution in [2.75, 3.05) is 13.1 Å². The topological polar surface area (TPSA) is 21.3 Å². The molecule has 0 spiro atoms. The molecule has 0 aromatic carbocycles. The molecule has 1 aliphatic carbocycles. The highest BCUT2D eigenvalue weighted by Crippen LogP contribution is 2.32. The zero-order valence-corrected chi connectivity index (χ0v) is 11.7. The number of likely N-dealkylation sites (N-methyl/N-ethyl adjacent to an activating group) is 1. The monoisotopic (exact) mass is 227 g/mol. The van der Waals surface area contributed by atoms with Crippen molar-refractivity contribution in [1.29, 1.82) is 0 Å². The predicted octanol–water partition coefficient (Wildman–Crippen LogP) is 3.22. The van der Waals surface area contributed by atoms with Gasteiger partial charge in [-0.15, -0.1) is 0 Å². The Hall–Kier alpha value is -0.0800. The van der Waals surface area contributed by atoms with Crippen LogP contribution in [-0.2, 0) is 4.74 Å². The van der Waals surface area contributed by atoms with Gasteiger partial charge >= 0.3 is 0 Å². The highest BCUT2D eigenvalue weighted by Gasteiger charge is 2.29. The maximum atomic E-state index is 6.24. The zero-order chi connectivity index (χ0) is 12.2. The standard InChI is InChI=1S/C14H29NO/c1-6-15-10-14(4,5)16-13-8-7-11(2)12(3)9-13/h11-13,15H,6-10H2,1-5H3. The highest BCUT2D eigenvalue weighted by atomic mass is 16.5. The number of rotatable bonds is 5. The van der Waals surface area contributed by atoms with Crippen LogP contribution >= 0.6 is 0 Å². The molecule has 0 aromatic rings. The minimum absolute atomic E-state index is 0.0268. The Kier molecular flexibility index (Phi) is 5.26. The van der Waals surface area contributed by atoms with Crippen molar-refractivity contribution in [3.63, 3.8) is 0 Å². The van der Waals surface area contributed by atoms with Crippen molar-refractivity contribution in [1.82, 2.24) is 5.32 Å². The van der Waals surface area contributed by atoms with E-state index in [9.17, 15) is 0 Å². The minimum Gasteiger partial charge on any atom is -0.371 e. The first-order valence-corrected chi connectivity index (χ1v) is 6.83. The molecule has 0 aliphatic heterocycles. The molecule has 1 rings (SSSR count). The van der Waals surface area contributed by atoms with Crippen LogP contribution in [0.3, 0.4) is 0 Å². The first kappa shape index (κ1) is 14.0. The van der Waals surface area contributed by atoms with Crippen molar-refractivity contribution in [2.45, 2.75) is 65.6 Å². The van der Waals surface area contributed by atoms with Gasteiger partial charge in [0.05, 0.1) is 11.7 Å². The largest absolute Gasteiger partial charge is 0.371 e. The molecule has 2 heteroatoms. The fourth-order valence-electron chi connectivity index (χ4n) is 2.52. The SMILES string of the molecule is CCNCC(C)(C)OC1CCC(C)C(C)C1. The van der Waals surface area contributed by atoms with Crippen molar-refractivity contribution >= 4 is 0 Å². The van der Waals surface area contributed by atoms with Gasteiger partial charge in [-0.1, -0.05) is 20.8 Å². The summed E-state index contributed by atoms with van der Waals surface area (Å²) >= 11 is 0. The van der Waals surface area contributed by atoms with Crippen LogP contribution in [-0.4, -0.2) is 24.8 Å². The molecule has 16 heavy (non-hydrogen) atoms. The molecule has 1 fully saturated rings. The van der Waals surface area contributed by atoms with Crippen LogP contribution in [0.15, 0.2) is 0 Å². The van der Waals surface area contributed by atoms with Crippen LogP contribution in [0.4, 0.5) is 0 Å². The summed E-state index contributed by atoms with van der Waals surface area (Å²) in [5.41, 5.74) is -0.0268. The van der Waals surface area contributed by atoms with Gasteiger partial charge in [-0.2, -0.15) is 0 Å². The van der Waals surface area contributed by atoms with Crippen LogP contribution < -0.4 is 5.32 Å². The molecule has 96 valence electrons. The van der Waals surface area contributed by atoms with E-state index in [4.69, 9.17) is 4.74 Å². The second kappa shape index (κ2) is 6.02. The molecule has 0 saturated heterocycles. The molecule has 0 bridgehead atoms. The molecule has 0 amide bonds. The highest BCUT2D eigenvalue weighted by molar-refractivity contribution is 4.80. The summed E-state index contributed by atoms with van der Waals surface area (Å²) in [6, 6.07) is 0. The molecule has 1 aliphatic rings. The average molecular weight is 227 g/mol. The molecule has 1 N–H and O–H groups in total. The lowest BCUT2D eigenvalue weighted by Gasteiger charge is -2.37. The smallest absolute Gasteiger partial charge is 0.0754 e. The Balaban J connectivity index is 2.36. The third-order valence-corrected chi connectivity index (χ3v) is 3.84. The van der Waals surface area contributed by atoms with E-state index >= 15 is 0 Å². The third kappa shape index (κ3) is 4.42. The van der Waals surface area contributed by atoms with Crippen LogP contribution in [0.2, 0.25) is 0 Å². The Labute approximate surface area is 101 Å². The molecule has 0 heterocycles. The number of hydrogen-bond donors (Lipinski definition) is 1. The van der Waals surface area contributed by atoms with Crippen molar-refractivity contribution in [2.24, 2.45) is 11.8 Å². The van der Waals surface area contributed by atoms with E-state index in [2.05, 4.69) is 39.9 Å². The van der Waals surface area contributed by atoms with E-state index < -0.39 is 0 Å². The van der Waals surface area contributed by atoms with Crippen molar-refractivity contribution in [3.05, 3.63) is 0 Å². The van der Waals surface area contributed by atoms with E-state index in [1.807, 2.05) is 0 Å². The van der Waals surface area contributed by atoms with E-state index in [0.29, 0.717) is 6.10 Å². The molecule has 0 aromatic heterocycles. The van der Waals surface area contributed by atoms with E-state index in [1.165, 1.54) is 19.3 Å². The maximum Gasteiger partial charge on any atom is 0.0754 e. The second-order valence-electron chi connectivity index (χ2n) is 6.05. The van der Waals surface area contributed by atoms with Gasteiger partial charge in [0.15, 0.2) is 0 Å². The van der Waals surface area contributed by atoms with Crippen LogP contribution in [0.5, 0.6) is 0 Å². The van der Waals surface area contributed by atoms with Gasteiger partial charge < -0.3 is 10.1 Å². The molecule has 2 nitrogen and oxygen atoms in total. The predicted molar refractivity (Wildman–Crippen MR) is 69.7 cm³/mol. The Morgan fingerprint density at radius 3 is 2.44 bits per heavy atom. The summed E-state index contributed by atoms with van der Waals surface area (Å²) in [4.78, 5) is 0. The fourth-order valence-corrected chi connectivity index (χ4v) is 2.52. The fraction of sp³-hybridized carbons (Fsp3) is 1.00. The van der Waals surface area contributed by atoms with Crippen molar-refractivity contribution in [3.8, 4) is 0 Å². The molecule has 3 atom stereocenters. The summed E-state index contributed by atoms with van der Waals surface area (Å²) in [7, 11) is 0. The van der Waals surface area contributed by atoms with Crippen LogP contribution in [0.25, 0.3) is 0 Å². The van der Waals surface area contributed by atoms with Gasteiger partial charge in [0.2, 0.25) is 0 Å². The van der Waals surface area contributed by atoms with Gasteiger partial charge in [0.1, 0.15) is 0 Å². The molecular weight excluding hydrogens is 198 g/mol. The first-order valence-electron chi connectivity index (χ1n) is 6.83. The second-order valence-corrected chi connectivity index (χ2v) is 6.05. The van der Waals surface area contributed by atoms with Gasteiger partial charge in [0.25, 0.3) is 0 Å². The lowest BCUT2D eigenvalue weighted by atomic mass is 9.80. The summed E-state index contributed by atoms with van der Waals surface area (Å²) in [5, 5.41) is 3.37. The molecular formula is C14H29NO. The Bertz CT molecular complexity index is 203. The number of hydrogen-bond acceptors (Lipinski definition) is 2. The van der Waals surface area contributed by atoms with E-state index in [0.717, 1.165) is 24.9 Å². The summed E-state index contributed by atoms with van der Waals surface area (Å²) in [6.07, 6.45) is 4.26. The van der Waals surface area contributed by atoms with Gasteiger partial charge in [-0.3, -0.25) is 0 Å². The summed E-state index contributed by atoms with van der Waals surface area (Å²) in [6.45, 7) is 13.2. The summed E-state index contributed by atoms with van der Waals surface area (Å²) < 4.78 is 6.24. The van der Waals surface area contributed by atoms with Crippen LogP contribution in [0.1, 0.15) is 53.9 Å². The van der Waals surface area contributed by atoms with Crippen LogP contribution in [0, 0.1) is 11.8 Å². The Morgan fingerprint density at radius 2 is 1.88 bits per heavy atom. The molecule has 3 unspecified atom stereocenters. The van der Waals surface area contributed by atoms with Gasteiger partial charge in [0, 0.05) is 6.54 Å². The van der Waals surface area contributed by atoms with E-state index in [-0.39, 0.29) is 5.60 Å². The Morgan fingerprint density at radius 1 is 1.19 bits per heavy atom. The van der Waals surface area contributed by atoms with Gasteiger partial charge in [-0.05, 0) is 51.5 Å². The van der Waals surface area contributed by atoms with E-state index in [1.54, 1.807) is 0 Å². The lowest BCUT2D eigenvalue weighted by molar-refractivity contribution is -0.0944.